The van der Waals surface area contributed by atoms with Gasteiger partial charge in [0, 0.05) is 0 Å². The van der Waals surface area contributed by atoms with Crippen LogP contribution < -0.4 is 5.32 Å². The molecule has 0 aliphatic heterocycles. The third-order valence-corrected chi connectivity index (χ3v) is 2.47. The Balaban J connectivity index is 2.06. The molecular weight excluding hydrogens is 281 g/mol. The van der Waals surface area contributed by atoms with Crippen LogP contribution in [0, 0.1) is 5.82 Å². The predicted molar refractivity (Wildman–Crippen MR) is 67.6 cm³/mol. The van der Waals surface area contributed by atoms with Crippen molar-refractivity contribution in [1.29, 1.82) is 0 Å². The first-order valence-electron chi connectivity index (χ1n) is 6.10. The van der Waals surface area contributed by atoms with Crippen LogP contribution in [0.15, 0.2) is 24.3 Å². The molecule has 0 spiro atoms. The molecule has 1 heterocycles. The van der Waals surface area contributed by atoms with Crippen molar-refractivity contribution in [3.8, 4) is 5.69 Å². The molecule has 0 fully saturated rings. The van der Waals surface area contributed by atoms with E-state index in [4.69, 9.17) is 0 Å². The van der Waals surface area contributed by atoms with Crippen LogP contribution in [-0.2, 0) is 20.9 Å². The molecule has 0 atom stereocenters. The third-order valence-electron chi connectivity index (χ3n) is 2.47. The molecule has 21 heavy (non-hydrogen) atoms. The van der Waals surface area contributed by atoms with Crippen LogP contribution in [0.25, 0.3) is 5.69 Å². The normalized spacial score (nSPS) is 10.2. The molecule has 0 bridgehead atoms. The number of nitrogens with zero attached hydrogens (tertiary/aromatic N) is 4. The minimum atomic E-state index is -0.974. The van der Waals surface area contributed by atoms with E-state index in [1.165, 1.54) is 28.9 Å². The number of nitrogens with one attached hydrogen (secondary N) is 1. The van der Waals surface area contributed by atoms with Gasteiger partial charge in [0.2, 0.25) is 0 Å². The van der Waals surface area contributed by atoms with E-state index in [2.05, 4.69) is 25.6 Å². The number of rotatable bonds is 4. The number of hydrogen-bond donors (Lipinski definition) is 1. The number of halogens is 1. The fourth-order valence-corrected chi connectivity index (χ4v) is 1.53. The van der Waals surface area contributed by atoms with Gasteiger partial charge < -0.3 is 10.1 Å². The average Bonchev–Trinajstić information content (AvgIpc) is 2.94. The molecule has 1 N–H and O–H groups in total. The molecule has 110 valence electrons. The van der Waals surface area contributed by atoms with Gasteiger partial charge >= 0.3 is 11.9 Å². The molecule has 8 nitrogen and oxygen atoms in total. The number of hydrogen-bond acceptors (Lipinski definition) is 6. The molecule has 1 amide bonds. The average molecular weight is 293 g/mol. The summed E-state index contributed by atoms with van der Waals surface area (Å²) < 4.78 is 18.7. The van der Waals surface area contributed by atoms with Crippen LogP contribution in [0.4, 0.5) is 4.39 Å². The molecule has 0 aliphatic carbocycles. The summed E-state index contributed by atoms with van der Waals surface area (Å²) in [5.41, 5.74) is 0.529. The van der Waals surface area contributed by atoms with Crippen molar-refractivity contribution in [2.24, 2.45) is 0 Å². The smallest absolute Gasteiger partial charge is 0.396 e. The Morgan fingerprint density at radius 1 is 1.33 bits per heavy atom. The lowest BCUT2D eigenvalue weighted by Crippen LogP contribution is -2.32. The number of tetrazole rings is 1. The standard InChI is InChI=1S/C12H12FN5O3/c1-2-21-12(20)11(19)14-7-10-15-16-17-18(10)9-5-3-8(13)4-6-9/h3-6H,2,7H2,1H3,(H,14,19). The van der Waals surface area contributed by atoms with Crippen LogP contribution in [-0.4, -0.2) is 38.7 Å². The zero-order valence-corrected chi connectivity index (χ0v) is 11.1. The molecule has 2 aromatic rings. The summed E-state index contributed by atoms with van der Waals surface area (Å²) in [4.78, 5) is 22.6. The first-order valence-corrected chi connectivity index (χ1v) is 6.10. The van der Waals surface area contributed by atoms with Crippen LogP contribution in [0.3, 0.4) is 0 Å². The van der Waals surface area contributed by atoms with Gasteiger partial charge in [0.1, 0.15) is 5.82 Å². The monoisotopic (exact) mass is 293 g/mol. The number of aromatic nitrogens is 4. The summed E-state index contributed by atoms with van der Waals surface area (Å²) >= 11 is 0. The van der Waals surface area contributed by atoms with Gasteiger partial charge in [-0.1, -0.05) is 0 Å². The summed E-state index contributed by atoms with van der Waals surface area (Å²) in [6, 6.07) is 5.50. The largest absolute Gasteiger partial charge is 0.459 e. The van der Waals surface area contributed by atoms with Gasteiger partial charge in [-0.2, -0.15) is 4.68 Å². The Hall–Kier alpha value is -2.84. The maximum Gasteiger partial charge on any atom is 0.396 e. The first kappa shape index (κ1) is 14.6. The van der Waals surface area contributed by atoms with E-state index >= 15 is 0 Å². The summed E-state index contributed by atoms with van der Waals surface area (Å²) in [6.45, 7) is 1.64. The molecule has 0 unspecified atom stereocenters. The van der Waals surface area contributed by atoms with Crippen molar-refractivity contribution < 1.29 is 18.7 Å². The topological polar surface area (TPSA) is 99.0 Å². The maximum absolute atomic E-state index is 12.9. The molecule has 0 radical (unpaired) electrons. The molecule has 0 saturated carbocycles. The van der Waals surface area contributed by atoms with E-state index in [0.717, 1.165) is 0 Å². The molecule has 1 aromatic heterocycles. The van der Waals surface area contributed by atoms with E-state index in [9.17, 15) is 14.0 Å². The van der Waals surface area contributed by atoms with Gasteiger partial charge in [-0.15, -0.1) is 5.10 Å². The number of carbonyl (C=O) groups excluding carboxylic acids is 2. The summed E-state index contributed by atoms with van der Waals surface area (Å²) in [5.74, 6) is -1.95. The van der Waals surface area contributed by atoms with E-state index in [1.54, 1.807) is 6.92 Å². The minimum Gasteiger partial charge on any atom is -0.459 e. The second-order valence-electron chi connectivity index (χ2n) is 3.89. The lowest BCUT2D eigenvalue weighted by atomic mass is 10.3. The zero-order chi connectivity index (χ0) is 15.2. The van der Waals surface area contributed by atoms with E-state index in [1.807, 2.05) is 0 Å². The Morgan fingerprint density at radius 2 is 2.05 bits per heavy atom. The third kappa shape index (κ3) is 3.59. The van der Waals surface area contributed by atoms with E-state index in [-0.39, 0.29) is 19.0 Å². The second kappa shape index (κ2) is 6.55. The second-order valence-corrected chi connectivity index (χ2v) is 3.89. The van der Waals surface area contributed by atoms with Gasteiger partial charge in [-0.05, 0) is 41.6 Å². The van der Waals surface area contributed by atoms with Gasteiger partial charge in [-0.25, -0.2) is 9.18 Å². The number of carbonyl (C=O) groups is 2. The van der Waals surface area contributed by atoms with Crippen molar-refractivity contribution in [2.45, 2.75) is 13.5 Å². The fraction of sp³-hybridized carbons (Fsp3) is 0.250. The maximum atomic E-state index is 12.9. The zero-order valence-electron chi connectivity index (χ0n) is 11.1. The van der Waals surface area contributed by atoms with Crippen LogP contribution in [0.1, 0.15) is 12.7 Å². The Labute approximate surface area is 118 Å². The molecule has 0 aliphatic rings. The summed E-state index contributed by atoms with van der Waals surface area (Å²) in [6.07, 6.45) is 0. The van der Waals surface area contributed by atoms with E-state index < -0.39 is 11.9 Å². The highest BCUT2D eigenvalue weighted by Gasteiger charge is 2.16. The minimum absolute atomic E-state index is 0.0674. The van der Waals surface area contributed by atoms with Crippen molar-refractivity contribution in [1.82, 2.24) is 25.5 Å². The molecule has 1 aromatic carbocycles. The molecule has 2 rings (SSSR count). The number of ether oxygens (including phenoxy) is 1. The van der Waals surface area contributed by atoms with Crippen molar-refractivity contribution in [3.63, 3.8) is 0 Å². The summed E-state index contributed by atoms with van der Waals surface area (Å²) in [5, 5.41) is 13.3. The number of benzene rings is 1. The molecule has 9 heteroatoms. The Bertz CT molecular complexity index is 641. The number of amides is 1. The highest BCUT2D eigenvalue weighted by Crippen LogP contribution is 2.08. The van der Waals surface area contributed by atoms with Gasteiger partial charge in [0.15, 0.2) is 5.82 Å². The van der Waals surface area contributed by atoms with Crippen LogP contribution in [0.5, 0.6) is 0 Å². The van der Waals surface area contributed by atoms with Crippen LogP contribution in [0.2, 0.25) is 0 Å². The molecular formula is C12H12FN5O3. The number of esters is 1. The quantitative estimate of drug-likeness (QED) is 0.628. The SMILES string of the molecule is CCOC(=O)C(=O)NCc1nnnn1-c1ccc(F)cc1. The predicted octanol–water partition coefficient (Wildman–Crippen LogP) is -0.0193. The highest BCUT2D eigenvalue weighted by atomic mass is 19.1. The lowest BCUT2D eigenvalue weighted by molar-refractivity contribution is -0.154. The van der Waals surface area contributed by atoms with Crippen molar-refractivity contribution in [3.05, 3.63) is 35.9 Å². The molecule has 0 saturated heterocycles. The van der Waals surface area contributed by atoms with Gasteiger partial charge in [-0.3, -0.25) is 4.79 Å². The highest BCUT2D eigenvalue weighted by molar-refractivity contribution is 6.32. The Kier molecular flexibility index (Phi) is 4.54. The van der Waals surface area contributed by atoms with Gasteiger partial charge in [0.25, 0.3) is 0 Å². The van der Waals surface area contributed by atoms with Crippen molar-refractivity contribution in [2.75, 3.05) is 6.61 Å². The lowest BCUT2D eigenvalue weighted by Gasteiger charge is -2.06. The Morgan fingerprint density at radius 3 is 2.71 bits per heavy atom. The van der Waals surface area contributed by atoms with Crippen molar-refractivity contribution >= 4 is 11.9 Å². The first-order chi connectivity index (χ1) is 10.1. The van der Waals surface area contributed by atoms with Gasteiger partial charge in [0.05, 0.1) is 18.8 Å². The van der Waals surface area contributed by atoms with Crippen LogP contribution >= 0.6 is 0 Å². The summed E-state index contributed by atoms with van der Waals surface area (Å²) in [7, 11) is 0. The fourth-order valence-electron chi connectivity index (χ4n) is 1.53. The van der Waals surface area contributed by atoms with E-state index in [0.29, 0.717) is 11.5 Å².